The van der Waals surface area contributed by atoms with Crippen molar-refractivity contribution in [2.24, 2.45) is 17.6 Å². The van der Waals surface area contributed by atoms with E-state index in [1.807, 2.05) is 30.0 Å². The van der Waals surface area contributed by atoms with Gasteiger partial charge in [0.2, 0.25) is 11.8 Å². The van der Waals surface area contributed by atoms with E-state index in [0.29, 0.717) is 5.92 Å². The lowest BCUT2D eigenvalue weighted by molar-refractivity contribution is -0.140. The van der Waals surface area contributed by atoms with Crippen LogP contribution in [0.3, 0.4) is 0 Å². The Morgan fingerprint density at radius 2 is 1.92 bits per heavy atom. The van der Waals surface area contributed by atoms with Crippen LogP contribution in [0, 0.1) is 11.8 Å². The fraction of sp³-hybridized carbons (Fsp3) is 0.619. The van der Waals surface area contributed by atoms with Gasteiger partial charge in [-0.25, -0.2) is 0 Å². The van der Waals surface area contributed by atoms with Gasteiger partial charge in [-0.2, -0.15) is 0 Å². The summed E-state index contributed by atoms with van der Waals surface area (Å²) in [6, 6.07) is 7.97. The number of anilines is 1. The number of piperidine rings is 1. The topological polar surface area (TPSA) is 75.4 Å². The van der Waals surface area contributed by atoms with Crippen molar-refractivity contribution in [3.8, 4) is 0 Å². The van der Waals surface area contributed by atoms with Crippen LogP contribution in [0.2, 0.25) is 0 Å². The Labute approximate surface area is 155 Å². The van der Waals surface area contributed by atoms with Gasteiger partial charge in [0.15, 0.2) is 0 Å². The molecule has 4 rings (SSSR count). The monoisotopic (exact) mass is 355 g/mol. The van der Waals surface area contributed by atoms with Crippen molar-refractivity contribution >= 4 is 17.5 Å². The van der Waals surface area contributed by atoms with Crippen molar-refractivity contribution in [3.05, 3.63) is 29.8 Å². The van der Waals surface area contributed by atoms with Crippen molar-refractivity contribution in [2.75, 3.05) is 18.4 Å². The first-order valence-electron chi connectivity index (χ1n) is 9.95. The van der Waals surface area contributed by atoms with Gasteiger partial charge in [0, 0.05) is 24.3 Å². The van der Waals surface area contributed by atoms with Crippen LogP contribution >= 0.6 is 0 Å². The maximum absolute atomic E-state index is 13.0. The predicted molar refractivity (Wildman–Crippen MR) is 102 cm³/mol. The first-order valence-corrected chi connectivity index (χ1v) is 9.95. The number of carbonyl (C=O) groups is 2. The molecule has 0 radical (unpaired) electrons. The zero-order valence-electron chi connectivity index (χ0n) is 15.5. The van der Waals surface area contributed by atoms with E-state index in [4.69, 9.17) is 5.73 Å². The molecule has 2 amide bonds. The number of nitrogens with zero attached hydrogens (tertiary/aromatic N) is 1. The Kier molecular flexibility index (Phi) is 4.51. The van der Waals surface area contributed by atoms with Crippen molar-refractivity contribution in [2.45, 2.75) is 56.9 Å². The Morgan fingerprint density at radius 1 is 1.19 bits per heavy atom. The number of rotatable bonds is 2. The summed E-state index contributed by atoms with van der Waals surface area (Å²) in [6.45, 7) is 3.51. The molecule has 2 fully saturated rings. The van der Waals surface area contributed by atoms with E-state index in [2.05, 4.69) is 11.4 Å². The Morgan fingerprint density at radius 3 is 2.65 bits per heavy atom. The highest BCUT2D eigenvalue weighted by atomic mass is 16.2. The van der Waals surface area contributed by atoms with Crippen molar-refractivity contribution in [1.82, 2.24) is 4.90 Å². The third kappa shape index (κ3) is 3.02. The van der Waals surface area contributed by atoms with Crippen LogP contribution < -0.4 is 11.1 Å². The van der Waals surface area contributed by atoms with E-state index in [1.165, 1.54) is 0 Å². The first kappa shape index (κ1) is 17.5. The second-order valence-electron chi connectivity index (χ2n) is 8.52. The fourth-order valence-corrected chi connectivity index (χ4v) is 5.14. The largest absolute Gasteiger partial charge is 0.342 e. The first-order chi connectivity index (χ1) is 12.5. The molecule has 0 aromatic heterocycles. The number of nitrogens with two attached hydrogens (primary N) is 1. The molecule has 3 unspecified atom stereocenters. The summed E-state index contributed by atoms with van der Waals surface area (Å²) in [5.41, 5.74) is 8.11. The smallest absolute Gasteiger partial charge is 0.232 e. The van der Waals surface area contributed by atoms with Crippen LogP contribution in [0.4, 0.5) is 5.69 Å². The summed E-state index contributed by atoms with van der Waals surface area (Å²) in [4.78, 5) is 27.5. The standard InChI is InChI=1S/C21H29N3O2/c1-21(22)11-5-4-7-16(21)20(26)24-12-9-14(10-13-24)18-15-6-2-3-8-17(15)23-19(18)25/h2-3,6,8,14,16,18H,4-5,7,9-13,22H2,1H3,(H,23,25). The Hall–Kier alpha value is -1.88. The van der Waals surface area contributed by atoms with E-state index < -0.39 is 0 Å². The molecule has 3 aliphatic rings. The summed E-state index contributed by atoms with van der Waals surface area (Å²) in [5.74, 6) is 0.516. The molecule has 1 aromatic rings. The maximum Gasteiger partial charge on any atom is 0.232 e. The van der Waals surface area contributed by atoms with E-state index >= 15 is 0 Å². The van der Waals surface area contributed by atoms with Gasteiger partial charge in [-0.15, -0.1) is 0 Å². The third-order valence-corrected chi connectivity index (χ3v) is 6.71. The number of hydrogen-bond donors (Lipinski definition) is 2. The number of benzene rings is 1. The summed E-state index contributed by atoms with van der Waals surface area (Å²) in [6.07, 6.45) is 5.81. The maximum atomic E-state index is 13.0. The molecule has 1 saturated heterocycles. The van der Waals surface area contributed by atoms with Gasteiger partial charge >= 0.3 is 0 Å². The normalized spacial score (nSPS) is 32.2. The number of likely N-dealkylation sites (tertiary alicyclic amines) is 1. The fourth-order valence-electron chi connectivity index (χ4n) is 5.14. The summed E-state index contributed by atoms with van der Waals surface area (Å²) >= 11 is 0. The van der Waals surface area contributed by atoms with Crippen LogP contribution in [0.15, 0.2) is 24.3 Å². The Bertz CT molecular complexity index is 707. The van der Waals surface area contributed by atoms with Gasteiger partial charge in [0.1, 0.15) is 0 Å². The molecule has 5 heteroatoms. The third-order valence-electron chi connectivity index (χ3n) is 6.71. The highest BCUT2D eigenvalue weighted by molar-refractivity contribution is 6.03. The molecule has 0 bridgehead atoms. The second-order valence-corrected chi connectivity index (χ2v) is 8.52. The number of nitrogens with one attached hydrogen (secondary N) is 1. The van der Waals surface area contributed by atoms with E-state index in [9.17, 15) is 9.59 Å². The molecule has 1 saturated carbocycles. The molecule has 3 N–H and O–H groups in total. The van der Waals surface area contributed by atoms with Crippen LogP contribution in [0.1, 0.15) is 56.9 Å². The molecule has 1 aromatic carbocycles. The van der Waals surface area contributed by atoms with Crippen LogP contribution in [-0.2, 0) is 9.59 Å². The van der Waals surface area contributed by atoms with Gasteiger partial charge in [-0.1, -0.05) is 31.0 Å². The summed E-state index contributed by atoms with van der Waals surface area (Å²) < 4.78 is 0. The molecular weight excluding hydrogens is 326 g/mol. The molecule has 3 atom stereocenters. The molecular formula is C21H29N3O2. The number of para-hydroxylation sites is 1. The zero-order chi connectivity index (χ0) is 18.3. The average molecular weight is 355 g/mol. The SMILES string of the molecule is CC1(N)CCCCC1C(=O)N1CCC(C2C(=O)Nc3ccccc32)CC1. The Balaban J connectivity index is 1.42. The minimum absolute atomic E-state index is 0.0525. The molecule has 140 valence electrons. The lowest BCUT2D eigenvalue weighted by Crippen LogP contribution is -2.55. The van der Waals surface area contributed by atoms with Crippen LogP contribution in [0.25, 0.3) is 0 Å². The quantitative estimate of drug-likeness (QED) is 0.856. The van der Waals surface area contributed by atoms with Crippen LogP contribution in [0.5, 0.6) is 0 Å². The van der Waals surface area contributed by atoms with Gasteiger partial charge in [0.05, 0.1) is 11.8 Å². The minimum atomic E-state index is -0.379. The van der Waals surface area contributed by atoms with Gasteiger partial charge in [0.25, 0.3) is 0 Å². The van der Waals surface area contributed by atoms with Crippen LogP contribution in [-0.4, -0.2) is 35.3 Å². The number of hydrogen-bond acceptors (Lipinski definition) is 3. The minimum Gasteiger partial charge on any atom is -0.342 e. The van der Waals surface area contributed by atoms with Crippen molar-refractivity contribution in [3.63, 3.8) is 0 Å². The number of fused-ring (bicyclic) bond motifs is 1. The van der Waals surface area contributed by atoms with E-state index in [-0.39, 0.29) is 29.2 Å². The van der Waals surface area contributed by atoms with Gasteiger partial charge < -0.3 is 16.0 Å². The molecule has 26 heavy (non-hydrogen) atoms. The highest BCUT2D eigenvalue weighted by Gasteiger charge is 2.42. The lowest BCUT2D eigenvalue weighted by atomic mass is 9.73. The summed E-state index contributed by atoms with van der Waals surface area (Å²) in [5, 5.41) is 3.01. The number of carbonyl (C=O) groups excluding carboxylic acids is 2. The molecule has 2 heterocycles. The number of amides is 2. The zero-order valence-corrected chi connectivity index (χ0v) is 15.5. The van der Waals surface area contributed by atoms with Gasteiger partial charge in [-0.3, -0.25) is 9.59 Å². The highest BCUT2D eigenvalue weighted by Crippen LogP contribution is 2.42. The molecule has 2 aliphatic heterocycles. The van der Waals surface area contributed by atoms with E-state index in [0.717, 1.165) is 62.9 Å². The van der Waals surface area contributed by atoms with Crippen molar-refractivity contribution in [1.29, 1.82) is 0 Å². The molecule has 1 aliphatic carbocycles. The predicted octanol–water partition coefficient (Wildman–Crippen LogP) is 2.87. The molecule has 0 spiro atoms. The van der Waals surface area contributed by atoms with Gasteiger partial charge in [-0.05, 0) is 50.2 Å². The second kappa shape index (κ2) is 6.69. The lowest BCUT2D eigenvalue weighted by Gasteiger charge is -2.42. The van der Waals surface area contributed by atoms with Crippen molar-refractivity contribution < 1.29 is 9.59 Å². The van der Waals surface area contributed by atoms with E-state index in [1.54, 1.807) is 0 Å². The molecule has 5 nitrogen and oxygen atoms in total. The summed E-state index contributed by atoms with van der Waals surface area (Å²) in [7, 11) is 0. The average Bonchev–Trinajstić information content (AvgIpc) is 2.97.